The molecule has 2 rings (SSSR count). The van der Waals surface area contributed by atoms with Crippen molar-refractivity contribution in [2.75, 3.05) is 7.11 Å². The van der Waals surface area contributed by atoms with Gasteiger partial charge in [0.05, 0.1) is 18.9 Å². The molecule has 132 valence electrons. The summed E-state index contributed by atoms with van der Waals surface area (Å²) in [5, 5.41) is 9.90. The topological polar surface area (TPSA) is 51.0 Å². The van der Waals surface area contributed by atoms with Crippen molar-refractivity contribution in [1.29, 1.82) is 0 Å². The number of hydrogen-bond donors (Lipinski definition) is 1. The van der Waals surface area contributed by atoms with Crippen LogP contribution in [-0.2, 0) is 4.74 Å². The summed E-state index contributed by atoms with van der Waals surface area (Å²) >= 11 is 0. The van der Waals surface area contributed by atoms with E-state index in [-0.39, 0.29) is 6.10 Å². The van der Waals surface area contributed by atoms with Gasteiger partial charge in [0.15, 0.2) is 0 Å². The van der Waals surface area contributed by atoms with Gasteiger partial charge in [-0.25, -0.2) is 4.99 Å². The second-order valence-corrected chi connectivity index (χ2v) is 6.22. The Morgan fingerprint density at radius 3 is 2.08 bits per heavy atom. The van der Waals surface area contributed by atoms with E-state index < -0.39 is 0 Å². The number of aromatic hydroxyl groups is 1. The van der Waals surface area contributed by atoms with Crippen LogP contribution in [-0.4, -0.2) is 24.2 Å². The van der Waals surface area contributed by atoms with Crippen molar-refractivity contribution < 1.29 is 14.6 Å². The zero-order valence-electron chi connectivity index (χ0n) is 15.5. The smallest absolute Gasteiger partial charge is 0.221 e. The molecular weight excluding hydrogens is 314 g/mol. The van der Waals surface area contributed by atoms with Gasteiger partial charge < -0.3 is 14.6 Å². The van der Waals surface area contributed by atoms with Crippen LogP contribution in [0.5, 0.6) is 11.5 Å². The van der Waals surface area contributed by atoms with Gasteiger partial charge in [0.1, 0.15) is 11.5 Å². The molecule has 1 N–H and O–H groups in total. The average molecular weight is 339 g/mol. The Kier molecular flexibility index (Phi) is 5.86. The van der Waals surface area contributed by atoms with E-state index in [0.29, 0.717) is 17.3 Å². The van der Waals surface area contributed by atoms with Crippen molar-refractivity contribution >= 4 is 11.6 Å². The van der Waals surface area contributed by atoms with Crippen LogP contribution in [0.1, 0.15) is 36.1 Å². The summed E-state index contributed by atoms with van der Waals surface area (Å²) in [5.74, 6) is 1.58. The van der Waals surface area contributed by atoms with Crippen molar-refractivity contribution in [3.05, 3.63) is 65.2 Å². The van der Waals surface area contributed by atoms with E-state index in [0.717, 1.165) is 28.0 Å². The minimum absolute atomic E-state index is 0.127. The molecule has 25 heavy (non-hydrogen) atoms. The molecule has 2 aromatic rings. The van der Waals surface area contributed by atoms with Gasteiger partial charge in [-0.1, -0.05) is 6.58 Å². The first kappa shape index (κ1) is 18.6. The molecule has 0 atom stereocenters. The molecule has 0 bridgehead atoms. The lowest BCUT2D eigenvalue weighted by Crippen LogP contribution is -2.07. The van der Waals surface area contributed by atoms with Crippen molar-refractivity contribution in [2.45, 2.75) is 33.8 Å². The molecule has 4 heteroatoms. The van der Waals surface area contributed by atoms with Crippen LogP contribution in [0.2, 0.25) is 0 Å². The normalized spacial score (nSPS) is 11.5. The van der Waals surface area contributed by atoms with E-state index in [1.807, 2.05) is 64.1 Å². The Balaban J connectivity index is 2.28. The highest BCUT2D eigenvalue weighted by atomic mass is 16.5. The number of benzene rings is 2. The zero-order chi connectivity index (χ0) is 18.6. The fourth-order valence-corrected chi connectivity index (χ4v) is 2.49. The van der Waals surface area contributed by atoms with Gasteiger partial charge in [-0.3, -0.25) is 0 Å². The van der Waals surface area contributed by atoms with Crippen LogP contribution >= 0.6 is 0 Å². The predicted molar refractivity (Wildman–Crippen MR) is 102 cm³/mol. The van der Waals surface area contributed by atoms with Crippen molar-refractivity contribution in [3.8, 4) is 11.5 Å². The summed E-state index contributed by atoms with van der Waals surface area (Å²) in [5.41, 5.74) is 3.85. The fraction of sp³-hybridized carbons (Fsp3) is 0.286. The number of nitrogens with zero attached hydrogens (tertiary/aromatic N) is 1. The van der Waals surface area contributed by atoms with Crippen molar-refractivity contribution in [2.24, 2.45) is 4.99 Å². The molecule has 0 saturated carbocycles. The summed E-state index contributed by atoms with van der Waals surface area (Å²) in [6, 6.07) is 11.3. The Morgan fingerprint density at radius 2 is 1.60 bits per heavy atom. The van der Waals surface area contributed by atoms with Crippen molar-refractivity contribution in [1.82, 2.24) is 0 Å². The maximum atomic E-state index is 9.90. The number of rotatable bonds is 5. The molecular formula is C21H25NO3. The third kappa shape index (κ3) is 4.63. The van der Waals surface area contributed by atoms with E-state index in [9.17, 15) is 5.11 Å². The van der Waals surface area contributed by atoms with Crippen LogP contribution in [0.3, 0.4) is 0 Å². The lowest BCUT2D eigenvalue weighted by Gasteiger charge is -2.12. The monoisotopic (exact) mass is 339 g/mol. The maximum absolute atomic E-state index is 9.90. The minimum atomic E-state index is 0.127. The third-order valence-electron chi connectivity index (χ3n) is 3.73. The number of aryl methyl sites for hydroxylation is 2. The van der Waals surface area contributed by atoms with Gasteiger partial charge in [0, 0.05) is 11.1 Å². The molecule has 0 aliphatic rings. The standard InChI is InChI=1S/C21H25NO3/c1-13(2)25-19-9-7-17(8-10-19)21(24-6)22-16(5)18-11-14(3)20(23)15(4)12-18/h7-13,23H,5H2,1-4,6H3. The minimum Gasteiger partial charge on any atom is -0.507 e. The average Bonchev–Trinajstić information content (AvgIpc) is 2.57. The number of ether oxygens (including phenoxy) is 2. The molecule has 0 fully saturated rings. The van der Waals surface area contributed by atoms with Crippen molar-refractivity contribution in [3.63, 3.8) is 0 Å². The quantitative estimate of drug-likeness (QED) is 0.625. The summed E-state index contributed by atoms with van der Waals surface area (Å²) in [7, 11) is 1.58. The number of phenolic OH excluding ortho intramolecular Hbond substituents is 1. The highest BCUT2D eigenvalue weighted by Gasteiger charge is 2.09. The molecule has 0 saturated heterocycles. The Bertz CT molecular complexity index is 766. The molecule has 0 amide bonds. The SMILES string of the molecule is C=C(N=C(OC)c1ccc(OC(C)C)cc1)c1cc(C)c(O)c(C)c1. The van der Waals surface area contributed by atoms with Gasteiger partial charge in [0.2, 0.25) is 5.90 Å². The highest BCUT2D eigenvalue weighted by Crippen LogP contribution is 2.27. The molecule has 0 heterocycles. The first-order valence-corrected chi connectivity index (χ1v) is 8.21. The second-order valence-electron chi connectivity index (χ2n) is 6.22. The van der Waals surface area contributed by atoms with Crippen LogP contribution < -0.4 is 4.74 Å². The van der Waals surface area contributed by atoms with Gasteiger partial charge in [-0.15, -0.1) is 0 Å². The summed E-state index contributed by atoms with van der Waals surface area (Å²) in [6.07, 6.45) is 0.127. The lowest BCUT2D eigenvalue weighted by atomic mass is 10.0. The zero-order valence-corrected chi connectivity index (χ0v) is 15.5. The van der Waals surface area contributed by atoms with Crippen LogP contribution in [0.15, 0.2) is 48.0 Å². The number of aliphatic imine (C=N–C) groups is 1. The summed E-state index contributed by atoms with van der Waals surface area (Å²) in [4.78, 5) is 4.52. The van der Waals surface area contributed by atoms with Crippen LogP contribution in [0, 0.1) is 13.8 Å². The number of methoxy groups -OCH3 is 1. The second kappa shape index (κ2) is 7.88. The molecule has 4 nitrogen and oxygen atoms in total. The molecule has 0 aliphatic carbocycles. The van der Waals surface area contributed by atoms with Gasteiger partial charge in [-0.2, -0.15) is 0 Å². The van der Waals surface area contributed by atoms with Gasteiger partial charge in [0.25, 0.3) is 0 Å². The predicted octanol–water partition coefficient (Wildman–Crippen LogP) is 4.86. The molecule has 0 radical (unpaired) electrons. The number of phenols is 1. The van der Waals surface area contributed by atoms with E-state index in [1.165, 1.54) is 0 Å². The Labute approximate surface area is 149 Å². The van der Waals surface area contributed by atoms with Gasteiger partial charge in [-0.05, 0) is 75.2 Å². The maximum Gasteiger partial charge on any atom is 0.221 e. The lowest BCUT2D eigenvalue weighted by molar-refractivity contribution is 0.242. The van der Waals surface area contributed by atoms with E-state index in [1.54, 1.807) is 7.11 Å². The molecule has 2 aromatic carbocycles. The summed E-state index contributed by atoms with van der Waals surface area (Å²) < 4.78 is 11.1. The Morgan fingerprint density at radius 1 is 1.04 bits per heavy atom. The van der Waals surface area contributed by atoms with Gasteiger partial charge >= 0.3 is 0 Å². The first-order chi connectivity index (χ1) is 11.8. The third-order valence-corrected chi connectivity index (χ3v) is 3.73. The van der Waals surface area contributed by atoms with Crippen LogP contribution in [0.25, 0.3) is 5.70 Å². The summed E-state index contributed by atoms with van der Waals surface area (Å²) in [6.45, 7) is 11.7. The van der Waals surface area contributed by atoms with Crippen LogP contribution in [0.4, 0.5) is 0 Å². The molecule has 0 spiro atoms. The first-order valence-electron chi connectivity index (χ1n) is 8.21. The van der Waals surface area contributed by atoms with E-state index in [2.05, 4.69) is 11.6 Å². The molecule has 0 aliphatic heterocycles. The largest absolute Gasteiger partial charge is 0.507 e. The molecule has 0 unspecified atom stereocenters. The van der Waals surface area contributed by atoms with E-state index >= 15 is 0 Å². The highest BCUT2D eigenvalue weighted by molar-refractivity contribution is 5.97. The fourth-order valence-electron chi connectivity index (χ4n) is 2.49. The number of hydrogen-bond acceptors (Lipinski definition) is 4. The molecule has 0 aromatic heterocycles. The van der Waals surface area contributed by atoms with E-state index in [4.69, 9.17) is 9.47 Å². The Hall–Kier alpha value is -2.75.